The Morgan fingerprint density at radius 3 is 2.21 bits per heavy atom. The Labute approximate surface area is 202 Å². The monoisotopic (exact) mass is 486 g/mol. The van der Waals surface area contributed by atoms with Gasteiger partial charge < -0.3 is 10.6 Å². The topological polar surface area (TPSA) is 98.8 Å². The standard InChI is InChI=1S/C25H34N4O4S/c1-18(2)16-26-25(31)21-7-10-23(20(4)15-21)27-24(30)17-28-11-13-29(14-12-28)34(32,33)22-8-5-19(3)6-9-22/h5-10,15,18H,11-14,16-17H2,1-4H3,(H,26,31)(H,27,30). The lowest BCUT2D eigenvalue weighted by molar-refractivity contribution is -0.117. The molecule has 0 unspecified atom stereocenters. The fraction of sp³-hybridized carbons (Fsp3) is 0.440. The third-order valence-electron chi connectivity index (χ3n) is 5.79. The molecule has 1 aliphatic heterocycles. The quantitative estimate of drug-likeness (QED) is 0.598. The molecular formula is C25H34N4O4S. The molecule has 0 aliphatic carbocycles. The third kappa shape index (κ3) is 6.65. The number of hydrogen-bond donors (Lipinski definition) is 2. The molecule has 0 radical (unpaired) electrons. The highest BCUT2D eigenvalue weighted by Crippen LogP contribution is 2.19. The first-order chi connectivity index (χ1) is 16.1. The number of aryl methyl sites for hydroxylation is 2. The molecule has 0 spiro atoms. The van der Waals surface area contributed by atoms with Crippen molar-refractivity contribution in [3.8, 4) is 0 Å². The summed E-state index contributed by atoms with van der Waals surface area (Å²) >= 11 is 0. The van der Waals surface area contributed by atoms with Crippen molar-refractivity contribution in [1.29, 1.82) is 0 Å². The summed E-state index contributed by atoms with van der Waals surface area (Å²) in [6.45, 7) is 10.2. The number of sulfonamides is 1. The lowest BCUT2D eigenvalue weighted by Gasteiger charge is -2.33. The maximum absolute atomic E-state index is 12.9. The molecule has 2 aromatic rings. The molecule has 2 amide bonds. The zero-order valence-electron chi connectivity index (χ0n) is 20.3. The van der Waals surface area contributed by atoms with Crippen LogP contribution in [0, 0.1) is 19.8 Å². The Bertz CT molecular complexity index is 1120. The zero-order valence-corrected chi connectivity index (χ0v) is 21.1. The molecule has 1 aliphatic rings. The van der Waals surface area contributed by atoms with Gasteiger partial charge in [-0.25, -0.2) is 8.42 Å². The van der Waals surface area contributed by atoms with Crippen molar-refractivity contribution in [1.82, 2.24) is 14.5 Å². The van der Waals surface area contributed by atoms with Crippen LogP contribution in [0.25, 0.3) is 0 Å². The highest BCUT2D eigenvalue weighted by molar-refractivity contribution is 7.89. The molecule has 1 heterocycles. The van der Waals surface area contributed by atoms with Gasteiger partial charge in [0.2, 0.25) is 15.9 Å². The van der Waals surface area contributed by atoms with E-state index < -0.39 is 10.0 Å². The van der Waals surface area contributed by atoms with E-state index >= 15 is 0 Å². The first-order valence-electron chi connectivity index (χ1n) is 11.5. The summed E-state index contributed by atoms with van der Waals surface area (Å²) in [4.78, 5) is 27.1. The van der Waals surface area contributed by atoms with Crippen molar-refractivity contribution >= 4 is 27.5 Å². The van der Waals surface area contributed by atoms with Crippen LogP contribution in [0.2, 0.25) is 0 Å². The molecule has 1 saturated heterocycles. The minimum absolute atomic E-state index is 0.131. The molecule has 3 rings (SSSR count). The summed E-state index contributed by atoms with van der Waals surface area (Å²) in [5, 5.41) is 5.79. The minimum atomic E-state index is -3.53. The van der Waals surface area contributed by atoms with Crippen LogP contribution >= 0.6 is 0 Å². The maximum Gasteiger partial charge on any atom is 0.251 e. The smallest absolute Gasteiger partial charge is 0.251 e. The first kappa shape index (κ1) is 25.9. The van der Waals surface area contributed by atoms with Crippen molar-refractivity contribution in [3.05, 3.63) is 59.2 Å². The number of carbonyl (C=O) groups excluding carboxylic acids is 2. The van der Waals surface area contributed by atoms with Gasteiger partial charge in [0, 0.05) is 44.0 Å². The number of amides is 2. The highest BCUT2D eigenvalue weighted by atomic mass is 32.2. The van der Waals surface area contributed by atoms with Crippen molar-refractivity contribution in [2.45, 2.75) is 32.6 Å². The SMILES string of the molecule is Cc1ccc(S(=O)(=O)N2CCN(CC(=O)Nc3ccc(C(=O)NCC(C)C)cc3C)CC2)cc1. The number of piperazine rings is 1. The van der Waals surface area contributed by atoms with E-state index in [4.69, 9.17) is 0 Å². The van der Waals surface area contributed by atoms with E-state index in [1.165, 1.54) is 4.31 Å². The zero-order chi connectivity index (χ0) is 24.9. The summed E-state index contributed by atoms with van der Waals surface area (Å²) in [6.07, 6.45) is 0. The average Bonchev–Trinajstić information content (AvgIpc) is 2.79. The summed E-state index contributed by atoms with van der Waals surface area (Å²) in [6, 6.07) is 12.1. The molecule has 8 nitrogen and oxygen atoms in total. The van der Waals surface area contributed by atoms with E-state index in [9.17, 15) is 18.0 Å². The summed E-state index contributed by atoms with van der Waals surface area (Å²) in [5.41, 5.74) is 3.03. The molecule has 2 aromatic carbocycles. The first-order valence-corrected chi connectivity index (χ1v) is 13.0. The van der Waals surface area contributed by atoms with Gasteiger partial charge in [0.05, 0.1) is 11.4 Å². The van der Waals surface area contributed by atoms with Crippen molar-refractivity contribution < 1.29 is 18.0 Å². The number of nitrogens with one attached hydrogen (secondary N) is 2. The minimum Gasteiger partial charge on any atom is -0.352 e. The largest absolute Gasteiger partial charge is 0.352 e. The van der Waals surface area contributed by atoms with E-state index in [1.54, 1.807) is 42.5 Å². The van der Waals surface area contributed by atoms with Crippen LogP contribution in [0.3, 0.4) is 0 Å². The lowest BCUT2D eigenvalue weighted by Crippen LogP contribution is -2.50. The predicted molar refractivity (Wildman–Crippen MR) is 133 cm³/mol. The number of carbonyl (C=O) groups is 2. The van der Waals surface area contributed by atoms with Crippen LogP contribution in [0.15, 0.2) is 47.4 Å². The Hall–Kier alpha value is -2.75. The molecule has 184 valence electrons. The van der Waals surface area contributed by atoms with Gasteiger partial charge in [-0.2, -0.15) is 4.31 Å². The van der Waals surface area contributed by atoms with Gasteiger partial charge in [-0.3, -0.25) is 14.5 Å². The fourth-order valence-electron chi connectivity index (χ4n) is 3.72. The Morgan fingerprint density at radius 1 is 0.971 bits per heavy atom. The van der Waals surface area contributed by atoms with Crippen molar-refractivity contribution in [2.75, 3.05) is 44.6 Å². The molecular weight excluding hydrogens is 452 g/mol. The molecule has 1 fully saturated rings. The van der Waals surface area contributed by atoms with Crippen LogP contribution in [0.5, 0.6) is 0 Å². The maximum atomic E-state index is 12.9. The van der Waals surface area contributed by atoms with Gasteiger partial charge in [0.15, 0.2) is 0 Å². The Balaban J connectivity index is 1.51. The molecule has 0 saturated carbocycles. The molecule has 0 aromatic heterocycles. The van der Waals surface area contributed by atoms with Crippen LogP contribution in [-0.2, 0) is 14.8 Å². The van der Waals surface area contributed by atoms with E-state index in [0.29, 0.717) is 54.8 Å². The number of rotatable bonds is 8. The predicted octanol–water partition coefficient (Wildman–Crippen LogP) is 2.63. The average molecular weight is 487 g/mol. The number of benzene rings is 2. The summed E-state index contributed by atoms with van der Waals surface area (Å²) in [5.74, 6) is 0.0660. The van der Waals surface area contributed by atoms with Crippen molar-refractivity contribution in [3.63, 3.8) is 0 Å². The van der Waals surface area contributed by atoms with Gasteiger partial charge >= 0.3 is 0 Å². The normalized spacial score (nSPS) is 15.3. The Morgan fingerprint density at radius 2 is 1.62 bits per heavy atom. The van der Waals surface area contributed by atoms with Crippen LogP contribution < -0.4 is 10.6 Å². The highest BCUT2D eigenvalue weighted by Gasteiger charge is 2.29. The molecule has 34 heavy (non-hydrogen) atoms. The van der Waals surface area contributed by atoms with Crippen LogP contribution in [-0.4, -0.2) is 68.7 Å². The molecule has 0 bridgehead atoms. The Kier molecular flexibility index (Phi) is 8.46. The molecule has 9 heteroatoms. The summed E-state index contributed by atoms with van der Waals surface area (Å²) < 4.78 is 27.2. The van der Waals surface area contributed by atoms with E-state index in [0.717, 1.165) is 11.1 Å². The van der Waals surface area contributed by atoms with E-state index in [-0.39, 0.29) is 18.4 Å². The molecule has 0 atom stereocenters. The van der Waals surface area contributed by atoms with Gasteiger partial charge in [0.1, 0.15) is 0 Å². The van der Waals surface area contributed by atoms with Gasteiger partial charge in [-0.1, -0.05) is 31.5 Å². The number of nitrogens with zero attached hydrogens (tertiary/aromatic N) is 2. The summed E-state index contributed by atoms with van der Waals surface area (Å²) in [7, 11) is -3.53. The van der Waals surface area contributed by atoms with Gasteiger partial charge in [-0.15, -0.1) is 0 Å². The number of hydrogen-bond acceptors (Lipinski definition) is 5. The molecule has 2 N–H and O–H groups in total. The van der Waals surface area contributed by atoms with Crippen LogP contribution in [0.4, 0.5) is 5.69 Å². The fourth-order valence-corrected chi connectivity index (χ4v) is 5.15. The number of anilines is 1. The second-order valence-corrected chi connectivity index (χ2v) is 11.1. The lowest BCUT2D eigenvalue weighted by atomic mass is 10.1. The van der Waals surface area contributed by atoms with Crippen molar-refractivity contribution in [2.24, 2.45) is 5.92 Å². The van der Waals surface area contributed by atoms with E-state index in [2.05, 4.69) is 10.6 Å². The van der Waals surface area contributed by atoms with E-state index in [1.807, 2.05) is 32.6 Å². The second kappa shape index (κ2) is 11.1. The van der Waals surface area contributed by atoms with Gasteiger partial charge in [-0.05, 0) is 55.7 Å². The van der Waals surface area contributed by atoms with Gasteiger partial charge in [0.25, 0.3) is 5.91 Å². The second-order valence-electron chi connectivity index (χ2n) is 9.18. The third-order valence-corrected chi connectivity index (χ3v) is 7.70. The van der Waals surface area contributed by atoms with Crippen LogP contribution in [0.1, 0.15) is 35.3 Å².